The summed E-state index contributed by atoms with van der Waals surface area (Å²) in [5.74, 6) is 5.83. The van der Waals surface area contributed by atoms with Crippen molar-refractivity contribution in [3.05, 3.63) is 34.3 Å². The summed E-state index contributed by atoms with van der Waals surface area (Å²) >= 11 is 3.52. The highest BCUT2D eigenvalue weighted by Gasteiger charge is 2.35. The van der Waals surface area contributed by atoms with Crippen molar-refractivity contribution in [2.75, 3.05) is 26.3 Å². The molecule has 1 saturated heterocycles. The average molecular weight is 342 g/mol. The lowest BCUT2D eigenvalue weighted by molar-refractivity contribution is -0.0233. The summed E-state index contributed by atoms with van der Waals surface area (Å²) in [6, 6.07) is 8.59. The number of nitrogens with zero attached hydrogens (tertiary/aromatic N) is 1. The van der Waals surface area contributed by atoms with Gasteiger partial charge >= 0.3 is 0 Å². The van der Waals surface area contributed by atoms with E-state index in [1.165, 1.54) is 5.56 Å². The van der Waals surface area contributed by atoms with Crippen LogP contribution in [0.4, 0.5) is 0 Å². The monoisotopic (exact) mass is 341 g/mol. The zero-order chi connectivity index (χ0) is 14.6. The largest absolute Gasteiger partial charge is 0.379 e. The van der Waals surface area contributed by atoms with E-state index in [1.807, 2.05) is 6.07 Å². The van der Waals surface area contributed by atoms with Crippen molar-refractivity contribution in [3.8, 4) is 0 Å². The molecule has 0 spiro atoms. The molecule has 1 aromatic carbocycles. The van der Waals surface area contributed by atoms with E-state index in [1.54, 1.807) is 0 Å². The fourth-order valence-electron chi connectivity index (χ4n) is 2.77. The summed E-state index contributed by atoms with van der Waals surface area (Å²) in [5, 5.41) is 0. The molecule has 0 radical (unpaired) electrons. The van der Waals surface area contributed by atoms with Crippen molar-refractivity contribution < 1.29 is 4.74 Å². The third-order valence-electron chi connectivity index (χ3n) is 4.21. The predicted octanol–water partition coefficient (Wildman–Crippen LogP) is 1.93. The zero-order valence-corrected chi connectivity index (χ0v) is 13.8. The van der Waals surface area contributed by atoms with Crippen LogP contribution in [-0.4, -0.2) is 42.8 Å². The third kappa shape index (κ3) is 3.80. The van der Waals surface area contributed by atoms with E-state index in [4.69, 9.17) is 10.6 Å². The molecule has 1 fully saturated rings. The molecule has 0 aliphatic carbocycles. The number of nitrogens with one attached hydrogen (secondary N) is 1. The van der Waals surface area contributed by atoms with Crippen molar-refractivity contribution in [3.63, 3.8) is 0 Å². The molecule has 1 aliphatic rings. The molecule has 112 valence electrons. The van der Waals surface area contributed by atoms with E-state index >= 15 is 0 Å². The summed E-state index contributed by atoms with van der Waals surface area (Å²) in [5.41, 5.74) is 4.28. The van der Waals surface area contributed by atoms with Crippen molar-refractivity contribution >= 4 is 15.9 Å². The van der Waals surface area contributed by atoms with Gasteiger partial charge in [-0.15, -0.1) is 0 Å². The molecule has 0 aromatic heterocycles. The van der Waals surface area contributed by atoms with Gasteiger partial charge in [-0.05, 0) is 38.0 Å². The van der Waals surface area contributed by atoms with Crippen LogP contribution in [0.2, 0.25) is 0 Å². The Kier molecular flexibility index (Phi) is 5.57. The Balaban J connectivity index is 2.09. The molecule has 0 bridgehead atoms. The minimum absolute atomic E-state index is 0.0130. The number of ether oxygens (including phenoxy) is 1. The second-order valence-corrected chi connectivity index (χ2v) is 6.72. The van der Waals surface area contributed by atoms with Gasteiger partial charge in [-0.25, -0.2) is 0 Å². The Morgan fingerprint density at radius 1 is 1.40 bits per heavy atom. The van der Waals surface area contributed by atoms with Gasteiger partial charge in [-0.2, -0.15) is 0 Å². The molecule has 1 aliphatic heterocycles. The van der Waals surface area contributed by atoms with E-state index in [2.05, 4.69) is 58.3 Å². The molecule has 1 aromatic rings. The molecule has 20 heavy (non-hydrogen) atoms. The second-order valence-electron chi connectivity index (χ2n) is 5.81. The minimum Gasteiger partial charge on any atom is -0.379 e. The highest BCUT2D eigenvalue weighted by molar-refractivity contribution is 9.10. The predicted molar refractivity (Wildman–Crippen MR) is 85.4 cm³/mol. The maximum atomic E-state index is 5.83. The van der Waals surface area contributed by atoms with Gasteiger partial charge < -0.3 is 4.74 Å². The Hall–Kier alpha value is -0.460. The van der Waals surface area contributed by atoms with Gasteiger partial charge in [0.1, 0.15) is 0 Å². The molecule has 0 amide bonds. The first kappa shape index (κ1) is 15.9. The van der Waals surface area contributed by atoms with Gasteiger partial charge in [0.05, 0.1) is 13.2 Å². The Bertz CT molecular complexity index is 433. The highest BCUT2D eigenvalue weighted by atomic mass is 79.9. The van der Waals surface area contributed by atoms with Gasteiger partial charge in [0, 0.05) is 29.1 Å². The number of hydrogen-bond donors (Lipinski definition) is 2. The van der Waals surface area contributed by atoms with E-state index < -0.39 is 0 Å². The first-order chi connectivity index (χ1) is 9.54. The van der Waals surface area contributed by atoms with Crippen molar-refractivity contribution in [2.45, 2.75) is 31.8 Å². The van der Waals surface area contributed by atoms with Crippen LogP contribution in [0.1, 0.15) is 19.4 Å². The number of nitrogens with two attached hydrogens (primary N) is 1. The van der Waals surface area contributed by atoms with Crippen LogP contribution in [0.5, 0.6) is 0 Å². The van der Waals surface area contributed by atoms with Gasteiger partial charge in [0.2, 0.25) is 0 Å². The van der Waals surface area contributed by atoms with Crippen LogP contribution in [0, 0.1) is 0 Å². The van der Waals surface area contributed by atoms with Gasteiger partial charge in [0.25, 0.3) is 0 Å². The van der Waals surface area contributed by atoms with Gasteiger partial charge in [-0.1, -0.05) is 28.1 Å². The minimum atomic E-state index is -0.0130. The van der Waals surface area contributed by atoms with E-state index in [9.17, 15) is 0 Å². The quantitative estimate of drug-likeness (QED) is 0.634. The fourth-order valence-corrected chi connectivity index (χ4v) is 3.22. The summed E-state index contributed by atoms with van der Waals surface area (Å²) in [4.78, 5) is 2.46. The lowest BCUT2D eigenvalue weighted by Gasteiger charge is -2.45. The van der Waals surface area contributed by atoms with Crippen molar-refractivity contribution in [1.82, 2.24) is 10.3 Å². The first-order valence-corrected chi connectivity index (χ1v) is 7.86. The zero-order valence-electron chi connectivity index (χ0n) is 12.2. The number of benzene rings is 1. The number of rotatable bonds is 5. The average Bonchev–Trinajstić information content (AvgIpc) is 2.45. The molecule has 3 N–H and O–H groups in total. The SMILES string of the molecule is CC(C)(C(Cc1cccc(Br)c1)NN)N1CCOCC1. The summed E-state index contributed by atoms with van der Waals surface area (Å²) in [6.45, 7) is 8.03. The van der Waals surface area contributed by atoms with E-state index in [0.29, 0.717) is 0 Å². The molecule has 1 unspecified atom stereocenters. The van der Waals surface area contributed by atoms with E-state index in [-0.39, 0.29) is 11.6 Å². The molecule has 5 heteroatoms. The van der Waals surface area contributed by atoms with Crippen LogP contribution >= 0.6 is 15.9 Å². The van der Waals surface area contributed by atoms with Crippen LogP contribution in [-0.2, 0) is 11.2 Å². The number of hydrazine groups is 1. The fraction of sp³-hybridized carbons (Fsp3) is 0.600. The summed E-state index contributed by atoms with van der Waals surface area (Å²) in [7, 11) is 0. The number of morpholine rings is 1. The maximum absolute atomic E-state index is 5.83. The molecule has 1 heterocycles. The van der Waals surface area contributed by atoms with E-state index in [0.717, 1.165) is 37.2 Å². The topological polar surface area (TPSA) is 50.5 Å². The van der Waals surface area contributed by atoms with Crippen molar-refractivity contribution in [2.24, 2.45) is 5.84 Å². The molecule has 1 atom stereocenters. The third-order valence-corrected chi connectivity index (χ3v) is 4.70. The molecule has 2 rings (SSSR count). The lowest BCUT2D eigenvalue weighted by Crippen LogP contribution is -2.62. The molecule has 4 nitrogen and oxygen atoms in total. The number of hydrogen-bond acceptors (Lipinski definition) is 4. The standard InChI is InChI=1S/C15H24BrN3O/c1-15(2,19-6-8-20-9-7-19)14(18-17)11-12-4-3-5-13(16)10-12/h3-5,10,14,18H,6-9,11,17H2,1-2H3. The number of halogens is 1. The highest BCUT2D eigenvalue weighted by Crippen LogP contribution is 2.24. The van der Waals surface area contributed by atoms with Crippen LogP contribution in [0.15, 0.2) is 28.7 Å². The summed E-state index contributed by atoms with van der Waals surface area (Å²) < 4.78 is 6.55. The molecular formula is C15H24BrN3O. The Morgan fingerprint density at radius 2 is 2.10 bits per heavy atom. The normalized spacial score (nSPS) is 19.0. The smallest absolute Gasteiger partial charge is 0.0594 e. The van der Waals surface area contributed by atoms with Gasteiger partial charge in [0.15, 0.2) is 0 Å². The van der Waals surface area contributed by atoms with Gasteiger partial charge in [-0.3, -0.25) is 16.2 Å². The van der Waals surface area contributed by atoms with Crippen LogP contribution in [0.25, 0.3) is 0 Å². The van der Waals surface area contributed by atoms with Crippen LogP contribution < -0.4 is 11.3 Å². The summed E-state index contributed by atoms with van der Waals surface area (Å²) in [6.07, 6.45) is 0.903. The van der Waals surface area contributed by atoms with Crippen molar-refractivity contribution in [1.29, 1.82) is 0 Å². The molecule has 0 saturated carbocycles. The first-order valence-electron chi connectivity index (χ1n) is 7.07. The Morgan fingerprint density at radius 3 is 2.70 bits per heavy atom. The second kappa shape index (κ2) is 7.00. The lowest BCUT2D eigenvalue weighted by atomic mass is 9.87. The Labute approximate surface area is 129 Å². The van der Waals surface area contributed by atoms with Crippen LogP contribution in [0.3, 0.4) is 0 Å². The molecular weight excluding hydrogens is 318 g/mol. The maximum Gasteiger partial charge on any atom is 0.0594 e.